The lowest BCUT2D eigenvalue weighted by Gasteiger charge is -2.25. The normalized spacial score (nSPS) is 35.0. The van der Waals surface area contributed by atoms with E-state index in [0.29, 0.717) is 4.75 Å². The monoisotopic (exact) mass is 205 g/mol. The van der Waals surface area contributed by atoms with Gasteiger partial charge in [0.1, 0.15) is 0 Å². The van der Waals surface area contributed by atoms with E-state index >= 15 is 0 Å². The quantitative estimate of drug-likeness (QED) is 0.793. The number of thioether (sulfide) groups is 1. The molecule has 2 fully saturated rings. The van der Waals surface area contributed by atoms with E-state index in [1.807, 2.05) is 0 Å². The van der Waals surface area contributed by atoms with E-state index in [1.54, 1.807) is 0 Å². The van der Waals surface area contributed by atoms with Crippen molar-refractivity contribution in [1.29, 1.82) is 0 Å². The van der Waals surface area contributed by atoms with Crippen LogP contribution in [0.2, 0.25) is 0 Å². The molecule has 74 valence electrons. The molecule has 1 nitrogen and oxygen atoms in total. The van der Waals surface area contributed by atoms with Gasteiger partial charge >= 0.3 is 0 Å². The largest absolute Gasteiger partial charge is 0.312 e. The second-order valence-corrected chi connectivity index (χ2v) is 5.93. The van der Waals surface area contributed by atoms with Crippen LogP contribution in [0.25, 0.3) is 0 Å². The minimum Gasteiger partial charge on any atom is -0.312 e. The van der Waals surface area contributed by atoms with Gasteiger partial charge in [-0.3, -0.25) is 0 Å². The Kier molecular flexibility index (Phi) is 2.06. The third kappa shape index (κ3) is 1.47. The molecule has 0 amide bonds. The van der Waals surface area contributed by atoms with Crippen LogP contribution in [0, 0.1) is 0 Å². The van der Waals surface area contributed by atoms with Gasteiger partial charge in [0.15, 0.2) is 0 Å². The highest BCUT2D eigenvalue weighted by Gasteiger charge is 2.45. The number of nitrogens with one attached hydrogen (secondary N) is 1. The second-order valence-electron chi connectivity index (χ2n) is 4.44. The maximum absolute atomic E-state index is 3.60. The minimum absolute atomic E-state index is 0.520. The van der Waals surface area contributed by atoms with E-state index < -0.39 is 0 Å². The maximum Gasteiger partial charge on any atom is 0.0340 e. The standard InChI is InChI=1S/C12H15NS/c1-2-4-10(5-3-1)6-12-7-11(8-14-12)13-9-12/h1-5,11,13H,6-9H2/t11-,12-/m0/s1. The first-order valence-electron chi connectivity index (χ1n) is 5.28. The first-order valence-corrected chi connectivity index (χ1v) is 6.26. The summed E-state index contributed by atoms with van der Waals surface area (Å²) in [4.78, 5) is 0. The Morgan fingerprint density at radius 2 is 2.21 bits per heavy atom. The van der Waals surface area contributed by atoms with Gasteiger partial charge in [0, 0.05) is 23.1 Å². The molecule has 1 aromatic rings. The van der Waals surface area contributed by atoms with Crippen molar-refractivity contribution in [2.75, 3.05) is 12.3 Å². The Bertz CT molecular complexity index is 314. The highest BCUT2D eigenvalue weighted by Crippen LogP contribution is 2.44. The molecule has 2 aliphatic rings. The fraction of sp³-hybridized carbons (Fsp3) is 0.500. The lowest BCUT2D eigenvalue weighted by Crippen LogP contribution is -2.34. The Labute approximate surface area is 89.3 Å². The summed E-state index contributed by atoms with van der Waals surface area (Å²) in [6, 6.07) is 11.7. The molecule has 0 aliphatic carbocycles. The van der Waals surface area contributed by atoms with Gasteiger partial charge in [-0.15, -0.1) is 0 Å². The van der Waals surface area contributed by atoms with E-state index in [1.165, 1.54) is 30.7 Å². The van der Waals surface area contributed by atoms with Gasteiger partial charge < -0.3 is 5.32 Å². The van der Waals surface area contributed by atoms with Gasteiger partial charge in [-0.05, 0) is 18.4 Å². The first kappa shape index (κ1) is 8.81. The van der Waals surface area contributed by atoms with Crippen molar-refractivity contribution < 1.29 is 0 Å². The van der Waals surface area contributed by atoms with Crippen LogP contribution in [0.15, 0.2) is 30.3 Å². The summed E-state index contributed by atoms with van der Waals surface area (Å²) < 4.78 is 0.520. The molecule has 2 aliphatic heterocycles. The predicted octanol–water partition coefficient (Wildman–Crippen LogP) is 2.08. The summed E-state index contributed by atoms with van der Waals surface area (Å²) in [7, 11) is 0. The van der Waals surface area contributed by atoms with Crippen LogP contribution in [0.5, 0.6) is 0 Å². The highest BCUT2D eigenvalue weighted by molar-refractivity contribution is 8.01. The zero-order valence-electron chi connectivity index (χ0n) is 8.20. The van der Waals surface area contributed by atoms with Crippen LogP contribution in [0.1, 0.15) is 12.0 Å². The van der Waals surface area contributed by atoms with Gasteiger partial charge in [0.2, 0.25) is 0 Å². The van der Waals surface area contributed by atoms with Crippen molar-refractivity contribution in [2.45, 2.75) is 23.6 Å². The Morgan fingerprint density at radius 3 is 2.79 bits per heavy atom. The van der Waals surface area contributed by atoms with Gasteiger partial charge in [-0.2, -0.15) is 11.8 Å². The molecule has 1 N–H and O–H groups in total. The summed E-state index contributed by atoms with van der Waals surface area (Å²) in [5.74, 6) is 1.31. The zero-order valence-corrected chi connectivity index (χ0v) is 9.02. The molecule has 0 unspecified atom stereocenters. The van der Waals surface area contributed by atoms with Crippen molar-refractivity contribution in [3.8, 4) is 0 Å². The molecule has 2 bridgehead atoms. The van der Waals surface area contributed by atoms with Crippen LogP contribution in [-0.2, 0) is 6.42 Å². The van der Waals surface area contributed by atoms with E-state index in [4.69, 9.17) is 0 Å². The van der Waals surface area contributed by atoms with Crippen LogP contribution in [0.3, 0.4) is 0 Å². The molecule has 3 rings (SSSR count). The molecule has 1 aromatic carbocycles. The molecule has 0 aromatic heterocycles. The minimum atomic E-state index is 0.520. The lowest BCUT2D eigenvalue weighted by atomic mass is 9.96. The van der Waals surface area contributed by atoms with Crippen molar-refractivity contribution in [2.24, 2.45) is 0 Å². The molecule has 0 saturated carbocycles. The van der Waals surface area contributed by atoms with Crippen molar-refractivity contribution in [3.05, 3.63) is 35.9 Å². The molecular weight excluding hydrogens is 190 g/mol. The van der Waals surface area contributed by atoms with Crippen molar-refractivity contribution in [3.63, 3.8) is 0 Å². The van der Waals surface area contributed by atoms with Crippen molar-refractivity contribution in [1.82, 2.24) is 5.32 Å². The fourth-order valence-corrected chi connectivity index (χ4v) is 4.15. The van der Waals surface area contributed by atoms with Crippen LogP contribution in [-0.4, -0.2) is 23.1 Å². The van der Waals surface area contributed by atoms with Gasteiger partial charge in [0.05, 0.1) is 0 Å². The predicted molar refractivity (Wildman–Crippen MR) is 61.7 cm³/mol. The number of fused-ring (bicyclic) bond motifs is 2. The lowest BCUT2D eigenvalue weighted by molar-refractivity contribution is 0.644. The smallest absolute Gasteiger partial charge is 0.0340 e. The Morgan fingerprint density at radius 1 is 1.36 bits per heavy atom. The third-order valence-corrected chi connectivity index (χ3v) is 4.93. The SMILES string of the molecule is c1ccc(C[C@]23CN[C@H](CS2)C3)cc1. The molecule has 2 atom stereocenters. The summed E-state index contributed by atoms with van der Waals surface area (Å²) >= 11 is 2.17. The molecule has 14 heavy (non-hydrogen) atoms. The van der Waals surface area contributed by atoms with Crippen LogP contribution >= 0.6 is 11.8 Å². The van der Waals surface area contributed by atoms with Gasteiger partial charge in [-0.25, -0.2) is 0 Å². The first-order chi connectivity index (χ1) is 6.86. The zero-order chi connectivity index (χ0) is 9.43. The molecule has 0 radical (unpaired) electrons. The second kappa shape index (κ2) is 3.28. The van der Waals surface area contributed by atoms with E-state index in [9.17, 15) is 0 Å². The molecular formula is C12H15NS. The third-order valence-electron chi connectivity index (χ3n) is 3.29. The molecule has 2 heterocycles. The van der Waals surface area contributed by atoms with Crippen molar-refractivity contribution >= 4 is 11.8 Å². The van der Waals surface area contributed by atoms with Crippen LogP contribution in [0.4, 0.5) is 0 Å². The van der Waals surface area contributed by atoms with Gasteiger partial charge in [-0.1, -0.05) is 30.3 Å². The molecule has 2 heteroatoms. The summed E-state index contributed by atoms with van der Waals surface area (Å²) in [5, 5.41) is 3.60. The Hall–Kier alpha value is -0.470. The Balaban J connectivity index is 1.78. The number of benzene rings is 1. The van der Waals surface area contributed by atoms with E-state index in [-0.39, 0.29) is 0 Å². The highest BCUT2D eigenvalue weighted by atomic mass is 32.2. The number of rotatable bonds is 2. The fourth-order valence-electron chi connectivity index (χ4n) is 2.58. The summed E-state index contributed by atoms with van der Waals surface area (Å²) in [5.41, 5.74) is 1.49. The molecule has 2 saturated heterocycles. The topological polar surface area (TPSA) is 12.0 Å². The average Bonchev–Trinajstić information content (AvgIpc) is 2.78. The summed E-state index contributed by atoms with van der Waals surface area (Å²) in [6.07, 6.45) is 2.61. The summed E-state index contributed by atoms with van der Waals surface area (Å²) in [6.45, 7) is 1.21. The average molecular weight is 205 g/mol. The maximum atomic E-state index is 3.60. The van der Waals surface area contributed by atoms with Gasteiger partial charge in [0.25, 0.3) is 0 Å². The molecule has 0 spiro atoms. The number of hydrogen-bond donors (Lipinski definition) is 1. The van der Waals surface area contributed by atoms with Crippen LogP contribution < -0.4 is 5.32 Å². The van der Waals surface area contributed by atoms with E-state index in [0.717, 1.165) is 6.04 Å². The van der Waals surface area contributed by atoms with E-state index in [2.05, 4.69) is 47.4 Å². The number of hydrogen-bond acceptors (Lipinski definition) is 2.